The van der Waals surface area contributed by atoms with Gasteiger partial charge in [0.2, 0.25) is 0 Å². The first-order valence-electron chi connectivity index (χ1n) is 13.1. The molecule has 212 valence electrons. The number of furan rings is 1. The van der Waals surface area contributed by atoms with E-state index in [0.29, 0.717) is 28.4 Å². The number of hydrogen-bond acceptors (Lipinski definition) is 10. The Morgan fingerprint density at radius 3 is 2.62 bits per heavy atom. The fourth-order valence-electron chi connectivity index (χ4n) is 4.66. The summed E-state index contributed by atoms with van der Waals surface area (Å²) in [6.07, 6.45) is 0.218. The van der Waals surface area contributed by atoms with E-state index < -0.39 is 40.6 Å². The van der Waals surface area contributed by atoms with E-state index in [9.17, 15) is 4.57 Å². The van der Waals surface area contributed by atoms with Gasteiger partial charge in [0.05, 0.1) is 12.9 Å². The summed E-state index contributed by atoms with van der Waals surface area (Å²) in [4.78, 5) is 13.4. The molecule has 1 aromatic carbocycles. The lowest BCUT2D eigenvalue weighted by atomic mass is 10.1. The third kappa shape index (κ3) is 4.76. The van der Waals surface area contributed by atoms with Gasteiger partial charge in [-0.25, -0.2) is 19.5 Å². The summed E-state index contributed by atoms with van der Waals surface area (Å²) in [5.74, 6) is 1.17. The number of nitrogen functional groups attached to an aromatic ring is 1. The highest BCUT2D eigenvalue weighted by Crippen LogP contribution is 2.57. The molecule has 2 aliphatic rings. The average Bonchev–Trinajstić information content (AvgIpc) is 3.62. The van der Waals surface area contributed by atoms with E-state index >= 15 is 0 Å². The molecule has 0 unspecified atom stereocenters. The molecular weight excluding hydrogens is 551 g/mol. The number of fused-ring (bicyclic) bond motifs is 2. The van der Waals surface area contributed by atoms with Crippen molar-refractivity contribution in [1.82, 2.24) is 19.5 Å². The number of benzene rings is 1. The topological polar surface area (TPSA) is 149 Å². The first-order chi connectivity index (χ1) is 19.0. The maximum Gasteiger partial charge on any atom is 0.433 e. The fourth-order valence-corrected chi connectivity index (χ4v) is 7.51. The number of rotatable bonds is 6. The fraction of sp³-hybridized carbons (Fsp3) is 0.423. The van der Waals surface area contributed by atoms with Crippen molar-refractivity contribution in [3.63, 3.8) is 0 Å². The van der Waals surface area contributed by atoms with Crippen LogP contribution < -0.4 is 10.8 Å². The minimum Gasteiger partial charge on any atom is -0.461 e. The Labute approximate surface area is 232 Å². The number of nitrogens with one attached hydrogen (secondary N) is 1. The van der Waals surface area contributed by atoms with Crippen molar-refractivity contribution in [1.29, 1.82) is 0 Å². The molecule has 0 aliphatic carbocycles. The van der Waals surface area contributed by atoms with Crippen molar-refractivity contribution in [2.45, 2.75) is 63.4 Å². The summed E-state index contributed by atoms with van der Waals surface area (Å²) in [6, 6.07) is 12.7. The van der Waals surface area contributed by atoms with E-state index in [2.05, 4.69) is 48.9 Å². The highest BCUT2D eigenvalue weighted by molar-refractivity contribution is 7.55. The molecule has 40 heavy (non-hydrogen) atoms. The van der Waals surface area contributed by atoms with Gasteiger partial charge in [-0.05, 0) is 42.4 Å². The van der Waals surface area contributed by atoms with E-state index in [4.69, 9.17) is 33.3 Å². The number of nitrogens with two attached hydrogens (primary N) is 1. The normalized spacial score (nSPS) is 27.1. The Kier molecular flexibility index (Phi) is 6.64. The van der Waals surface area contributed by atoms with Gasteiger partial charge < -0.3 is 19.3 Å². The van der Waals surface area contributed by atoms with Crippen molar-refractivity contribution in [2.24, 2.45) is 0 Å². The molecule has 0 spiro atoms. The molecule has 4 aromatic rings. The SMILES string of the molecule is CC(C)(C)[Si](C)(C)O[C@@H]1[C@@H]2O[P@](=O)(Nc3ccccc3)OC[C@H]2O[C@H]1n1c(-c2ccco2)nc2c(N)ncnc21. The second-order valence-corrected chi connectivity index (χ2v) is 17.9. The largest absolute Gasteiger partial charge is 0.461 e. The summed E-state index contributed by atoms with van der Waals surface area (Å²) in [6.45, 7) is 10.8. The molecule has 3 N–H and O–H groups in total. The highest BCUT2D eigenvalue weighted by Gasteiger charge is 2.57. The molecule has 6 rings (SSSR count). The Bertz CT molecular complexity index is 1560. The zero-order chi connectivity index (χ0) is 28.3. The summed E-state index contributed by atoms with van der Waals surface area (Å²) < 4.78 is 47.0. The molecule has 0 bridgehead atoms. The van der Waals surface area contributed by atoms with Crippen LogP contribution in [0.3, 0.4) is 0 Å². The molecule has 2 fully saturated rings. The van der Waals surface area contributed by atoms with Gasteiger partial charge >= 0.3 is 7.75 Å². The molecule has 14 heteroatoms. The number of aromatic nitrogens is 4. The first-order valence-corrected chi connectivity index (χ1v) is 17.5. The molecule has 3 aromatic heterocycles. The van der Waals surface area contributed by atoms with Gasteiger partial charge in [-0.2, -0.15) is 0 Å². The van der Waals surface area contributed by atoms with Crippen LogP contribution in [0.25, 0.3) is 22.7 Å². The minimum atomic E-state index is -3.75. The van der Waals surface area contributed by atoms with Gasteiger partial charge in [0.1, 0.15) is 24.6 Å². The molecular formula is C26H33N6O6PSi. The molecule has 2 saturated heterocycles. The van der Waals surface area contributed by atoms with E-state index in [1.54, 1.807) is 35.1 Å². The summed E-state index contributed by atoms with van der Waals surface area (Å²) in [5, 5.41) is 2.82. The summed E-state index contributed by atoms with van der Waals surface area (Å²) >= 11 is 0. The second-order valence-electron chi connectivity index (χ2n) is 11.5. The van der Waals surface area contributed by atoms with E-state index in [-0.39, 0.29) is 17.5 Å². The van der Waals surface area contributed by atoms with Crippen molar-refractivity contribution in [2.75, 3.05) is 17.4 Å². The van der Waals surface area contributed by atoms with Crippen LogP contribution in [-0.2, 0) is 22.8 Å². The summed E-state index contributed by atoms with van der Waals surface area (Å²) in [5.41, 5.74) is 7.68. The Hall–Kier alpha value is -3.06. The minimum absolute atomic E-state index is 0.0372. The van der Waals surface area contributed by atoms with Gasteiger partial charge in [-0.1, -0.05) is 39.0 Å². The Morgan fingerprint density at radius 1 is 1.15 bits per heavy atom. The van der Waals surface area contributed by atoms with Gasteiger partial charge in [0.15, 0.2) is 43.1 Å². The van der Waals surface area contributed by atoms with Gasteiger partial charge in [-0.15, -0.1) is 0 Å². The van der Waals surface area contributed by atoms with E-state index in [1.165, 1.54) is 6.33 Å². The predicted molar refractivity (Wildman–Crippen MR) is 152 cm³/mol. The number of ether oxygens (including phenoxy) is 1. The standard InChI is InChI=1S/C26H33N6O6PSi/c1-26(2,3)40(4,5)38-21-20-18(14-35-39(33,37-20)31-16-10-7-6-8-11-16)36-25(21)32-23(17-12-9-13-34-17)30-19-22(27)28-15-29-24(19)32/h6-13,15,18,20-21,25H,14H2,1-5H3,(H,31,33)(H2,27,28,29)/t18-,20-,21-,25-,39+/m1/s1. The molecule has 2 aliphatic heterocycles. The van der Waals surface area contributed by atoms with Crippen LogP contribution >= 0.6 is 7.75 Å². The zero-order valence-electron chi connectivity index (χ0n) is 23.0. The van der Waals surface area contributed by atoms with Crippen LogP contribution in [0.5, 0.6) is 0 Å². The van der Waals surface area contributed by atoms with Crippen molar-refractivity contribution in [3.8, 4) is 11.6 Å². The zero-order valence-corrected chi connectivity index (χ0v) is 24.9. The number of nitrogens with zero attached hydrogens (tertiary/aromatic N) is 4. The lowest BCUT2D eigenvalue weighted by molar-refractivity contribution is -0.0570. The Morgan fingerprint density at radius 2 is 1.93 bits per heavy atom. The maximum atomic E-state index is 13.8. The molecule has 5 atom stereocenters. The molecule has 5 heterocycles. The lowest BCUT2D eigenvalue weighted by Crippen LogP contribution is -2.50. The predicted octanol–water partition coefficient (Wildman–Crippen LogP) is 5.59. The third-order valence-corrected chi connectivity index (χ3v) is 13.7. The van der Waals surface area contributed by atoms with E-state index in [1.807, 2.05) is 18.2 Å². The lowest BCUT2D eigenvalue weighted by Gasteiger charge is -2.41. The van der Waals surface area contributed by atoms with Crippen molar-refractivity contribution >= 4 is 38.7 Å². The molecule has 0 saturated carbocycles. The summed E-state index contributed by atoms with van der Waals surface area (Å²) in [7, 11) is -6.16. The first kappa shape index (κ1) is 27.1. The van der Waals surface area contributed by atoms with Crippen molar-refractivity contribution in [3.05, 3.63) is 55.1 Å². The number of imidazole rings is 1. The van der Waals surface area contributed by atoms with Crippen LogP contribution in [0.2, 0.25) is 18.1 Å². The van der Waals surface area contributed by atoms with Crippen LogP contribution in [-0.4, -0.2) is 52.8 Å². The molecule has 0 amide bonds. The maximum absolute atomic E-state index is 13.8. The van der Waals surface area contributed by atoms with Crippen LogP contribution in [0.15, 0.2) is 59.5 Å². The van der Waals surface area contributed by atoms with Crippen molar-refractivity contribution < 1.29 is 27.2 Å². The van der Waals surface area contributed by atoms with Crippen LogP contribution in [0.1, 0.15) is 27.0 Å². The molecule has 0 radical (unpaired) electrons. The van der Waals surface area contributed by atoms with Gasteiger partial charge in [-0.3, -0.25) is 18.7 Å². The molecule has 12 nitrogen and oxygen atoms in total. The number of hydrogen-bond donors (Lipinski definition) is 2. The highest BCUT2D eigenvalue weighted by atomic mass is 31.2. The Balaban J connectivity index is 1.45. The van der Waals surface area contributed by atoms with Crippen LogP contribution in [0.4, 0.5) is 11.5 Å². The smallest absolute Gasteiger partial charge is 0.433 e. The van der Waals surface area contributed by atoms with Gasteiger partial charge in [0, 0.05) is 5.69 Å². The second kappa shape index (κ2) is 9.79. The van der Waals surface area contributed by atoms with Gasteiger partial charge in [0.25, 0.3) is 0 Å². The number of para-hydroxylation sites is 1. The quantitative estimate of drug-likeness (QED) is 0.216. The third-order valence-electron chi connectivity index (χ3n) is 7.73. The number of anilines is 2. The monoisotopic (exact) mass is 584 g/mol. The van der Waals surface area contributed by atoms with E-state index in [0.717, 1.165) is 0 Å². The van der Waals surface area contributed by atoms with Crippen LogP contribution in [0, 0.1) is 0 Å². The average molecular weight is 585 g/mol.